The lowest BCUT2D eigenvalue weighted by atomic mass is 9.98. The van der Waals surface area contributed by atoms with Crippen molar-refractivity contribution < 1.29 is 0 Å². The van der Waals surface area contributed by atoms with E-state index in [0.29, 0.717) is 0 Å². The second-order valence-corrected chi connectivity index (χ2v) is 12.7. The lowest BCUT2D eigenvalue weighted by molar-refractivity contribution is 1.31. The summed E-state index contributed by atoms with van der Waals surface area (Å²) in [6, 6.07) is 67.4. The highest BCUT2D eigenvalue weighted by Crippen LogP contribution is 2.42. The molecule has 1 heteroatoms. The molecule has 0 amide bonds. The lowest BCUT2D eigenvalue weighted by Crippen LogP contribution is -2.11. The van der Waals surface area contributed by atoms with E-state index in [4.69, 9.17) is 0 Å². The largest absolute Gasteiger partial charge is 0.309 e. The first-order chi connectivity index (χ1) is 25.1. The van der Waals surface area contributed by atoms with Gasteiger partial charge in [0.05, 0.1) is 11.4 Å². The molecule has 0 bridgehead atoms. The van der Waals surface area contributed by atoms with Crippen molar-refractivity contribution in [3.05, 3.63) is 199 Å². The topological polar surface area (TPSA) is 3.24 Å². The van der Waals surface area contributed by atoms with Crippen molar-refractivity contribution in [2.45, 2.75) is 27.7 Å². The number of fused-ring (bicyclic) bond motifs is 4. The maximum Gasteiger partial charge on any atom is 0.0540 e. The molecule has 0 aliphatic rings. The van der Waals surface area contributed by atoms with Gasteiger partial charge in [-0.05, 0) is 93.2 Å². The van der Waals surface area contributed by atoms with Gasteiger partial charge in [-0.2, -0.15) is 0 Å². The van der Waals surface area contributed by atoms with Gasteiger partial charge < -0.3 is 4.90 Å². The molecular formula is C50H43N. The smallest absolute Gasteiger partial charge is 0.0540 e. The minimum Gasteiger partial charge on any atom is -0.309 e. The van der Waals surface area contributed by atoms with Crippen LogP contribution in [0.5, 0.6) is 0 Å². The zero-order chi connectivity index (χ0) is 35.2. The summed E-state index contributed by atoms with van der Waals surface area (Å²) in [5.74, 6) is 0. The number of nitrogens with zero attached hydrogens (tertiary/aromatic N) is 1. The van der Waals surface area contributed by atoms with Crippen molar-refractivity contribution in [1.29, 1.82) is 0 Å². The van der Waals surface area contributed by atoms with Crippen LogP contribution in [-0.2, 0) is 0 Å². The normalized spacial score (nSPS) is 10.7. The Balaban J connectivity index is 0.000000199. The Bertz CT molecular complexity index is 2420. The molecular weight excluding hydrogens is 615 g/mol. The van der Waals surface area contributed by atoms with Crippen molar-refractivity contribution in [3.8, 4) is 11.1 Å². The number of hydrogen-bond acceptors (Lipinski definition) is 1. The molecule has 0 fully saturated rings. The average Bonchev–Trinajstić information content (AvgIpc) is 3.20. The van der Waals surface area contributed by atoms with Crippen LogP contribution in [0, 0.1) is 13.8 Å². The molecule has 9 aromatic rings. The molecule has 0 N–H and O–H groups in total. The van der Waals surface area contributed by atoms with Crippen molar-refractivity contribution in [2.24, 2.45) is 0 Å². The Kier molecular flexibility index (Phi) is 9.90. The molecule has 9 aromatic carbocycles. The van der Waals surface area contributed by atoms with Crippen LogP contribution in [0.3, 0.4) is 0 Å². The van der Waals surface area contributed by atoms with Crippen molar-refractivity contribution >= 4 is 60.2 Å². The predicted octanol–water partition coefficient (Wildman–Crippen LogP) is 14.8. The lowest BCUT2D eigenvalue weighted by Gasteiger charge is -2.28. The SMILES string of the molecule is CC.Cc1c2ccccc2cc2ccccc12.Cc1ccc(-c2ccc(N(c3cccc4ccccc34)c3cccc4ccccc34)cc2)cc1. The molecule has 0 saturated carbocycles. The number of aryl methyl sites for hydroxylation is 2. The first-order valence-corrected chi connectivity index (χ1v) is 17.9. The van der Waals surface area contributed by atoms with Crippen molar-refractivity contribution in [2.75, 3.05) is 4.90 Å². The Morgan fingerprint density at radius 3 is 1.18 bits per heavy atom. The van der Waals surface area contributed by atoms with Crippen LogP contribution in [0.4, 0.5) is 17.1 Å². The minimum atomic E-state index is 1.14. The van der Waals surface area contributed by atoms with E-state index in [9.17, 15) is 0 Å². The van der Waals surface area contributed by atoms with E-state index < -0.39 is 0 Å². The van der Waals surface area contributed by atoms with Gasteiger partial charge in [0.1, 0.15) is 0 Å². The van der Waals surface area contributed by atoms with E-state index in [1.54, 1.807) is 0 Å². The summed E-state index contributed by atoms with van der Waals surface area (Å²) >= 11 is 0. The van der Waals surface area contributed by atoms with Crippen LogP contribution in [0.15, 0.2) is 188 Å². The molecule has 0 atom stereocenters. The average molecular weight is 658 g/mol. The summed E-state index contributed by atoms with van der Waals surface area (Å²) in [5.41, 5.74) is 8.61. The van der Waals surface area contributed by atoms with Crippen molar-refractivity contribution in [3.63, 3.8) is 0 Å². The van der Waals surface area contributed by atoms with E-state index in [1.165, 1.54) is 76.7 Å². The highest BCUT2D eigenvalue weighted by atomic mass is 15.1. The van der Waals surface area contributed by atoms with Gasteiger partial charge in [-0.15, -0.1) is 0 Å². The summed E-state index contributed by atoms with van der Waals surface area (Å²) < 4.78 is 0. The first kappa shape index (κ1) is 33.3. The third kappa shape index (κ3) is 6.84. The van der Waals surface area contributed by atoms with Crippen LogP contribution in [0.1, 0.15) is 25.0 Å². The highest BCUT2D eigenvalue weighted by Gasteiger charge is 2.17. The van der Waals surface area contributed by atoms with E-state index in [2.05, 4.69) is 207 Å². The number of rotatable bonds is 4. The van der Waals surface area contributed by atoms with E-state index >= 15 is 0 Å². The molecule has 0 spiro atoms. The number of anilines is 3. The second kappa shape index (κ2) is 15.2. The zero-order valence-electron chi connectivity index (χ0n) is 29.8. The van der Waals surface area contributed by atoms with Crippen LogP contribution >= 0.6 is 0 Å². The van der Waals surface area contributed by atoms with E-state index in [1.807, 2.05) is 13.8 Å². The fourth-order valence-electron chi connectivity index (χ4n) is 7.00. The zero-order valence-corrected chi connectivity index (χ0v) is 29.8. The first-order valence-electron chi connectivity index (χ1n) is 17.9. The van der Waals surface area contributed by atoms with Gasteiger partial charge in [0.15, 0.2) is 0 Å². The molecule has 1 nitrogen and oxygen atoms in total. The summed E-state index contributed by atoms with van der Waals surface area (Å²) in [7, 11) is 0. The Morgan fingerprint density at radius 2 is 0.706 bits per heavy atom. The van der Waals surface area contributed by atoms with Gasteiger partial charge in [0, 0.05) is 16.5 Å². The van der Waals surface area contributed by atoms with Crippen LogP contribution in [0.2, 0.25) is 0 Å². The van der Waals surface area contributed by atoms with E-state index in [0.717, 1.165) is 5.69 Å². The molecule has 0 unspecified atom stereocenters. The van der Waals surface area contributed by atoms with Crippen LogP contribution < -0.4 is 4.90 Å². The molecule has 0 radical (unpaired) electrons. The second-order valence-electron chi connectivity index (χ2n) is 12.7. The summed E-state index contributed by atoms with van der Waals surface area (Å²) in [6.45, 7) is 8.32. The third-order valence-corrected chi connectivity index (χ3v) is 9.57. The maximum absolute atomic E-state index is 2.39. The highest BCUT2D eigenvalue weighted by molar-refractivity contribution is 6.05. The van der Waals surface area contributed by atoms with Crippen molar-refractivity contribution in [1.82, 2.24) is 0 Å². The van der Waals surface area contributed by atoms with E-state index in [-0.39, 0.29) is 0 Å². The summed E-state index contributed by atoms with van der Waals surface area (Å²) in [6.07, 6.45) is 0. The molecule has 0 heterocycles. The standard InChI is InChI=1S/C33H25N.C15H12.C2H6/c1-24-16-18-25(19-17-24)26-20-22-29(23-21-26)34(32-14-6-10-27-8-2-4-12-30(27)32)33-15-7-11-28-9-3-5-13-31(28)33;1-11-14-8-4-2-6-12(14)10-13-7-3-5-9-15(11)13;1-2/h2-23H,1H3;2-10H,1H3;1-2H3. The molecule has 0 aliphatic carbocycles. The monoisotopic (exact) mass is 657 g/mol. The molecule has 9 rings (SSSR count). The quantitative estimate of drug-likeness (QED) is 0.170. The van der Waals surface area contributed by atoms with Gasteiger partial charge in [0.2, 0.25) is 0 Å². The molecule has 248 valence electrons. The molecule has 0 aliphatic heterocycles. The van der Waals surface area contributed by atoms with Gasteiger partial charge >= 0.3 is 0 Å². The van der Waals surface area contributed by atoms with Gasteiger partial charge in [-0.25, -0.2) is 0 Å². The van der Waals surface area contributed by atoms with Crippen LogP contribution in [0.25, 0.3) is 54.2 Å². The molecule has 51 heavy (non-hydrogen) atoms. The minimum absolute atomic E-state index is 1.14. The maximum atomic E-state index is 2.39. The summed E-state index contributed by atoms with van der Waals surface area (Å²) in [4.78, 5) is 2.39. The molecule has 0 saturated heterocycles. The number of benzene rings is 9. The van der Waals surface area contributed by atoms with Gasteiger partial charge in [-0.3, -0.25) is 0 Å². The fourth-order valence-corrected chi connectivity index (χ4v) is 7.00. The Labute approximate surface area is 302 Å². The predicted molar refractivity (Wildman–Crippen MR) is 224 cm³/mol. The third-order valence-electron chi connectivity index (χ3n) is 9.57. The van der Waals surface area contributed by atoms with Gasteiger partial charge in [0.25, 0.3) is 0 Å². The fraction of sp³-hybridized carbons (Fsp3) is 0.0800. The summed E-state index contributed by atoms with van der Waals surface area (Å²) in [5, 5.41) is 10.3. The Morgan fingerprint density at radius 1 is 0.333 bits per heavy atom. The number of hydrogen-bond donors (Lipinski definition) is 0. The van der Waals surface area contributed by atoms with Gasteiger partial charge in [-0.1, -0.05) is 177 Å². The molecule has 0 aromatic heterocycles. The Hall–Kier alpha value is -6.18. The van der Waals surface area contributed by atoms with Crippen LogP contribution in [-0.4, -0.2) is 0 Å².